The van der Waals surface area contributed by atoms with Crippen LogP contribution >= 0.6 is 0 Å². The van der Waals surface area contributed by atoms with Gasteiger partial charge in [-0.3, -0.25) is 9.78 Å². The molecule has 9 nitrogen and oxygen atoms in total. The molecular formula is C21H28N4O5. The minimum absolute atomic E-state index is 0.00886. The van der Waals surface area contributed by atoms with E-state index in [0.717, 1.165) is 18.5 Å². The topological polar surface area (TPSA) is 116 Å². The van der Waals surface area contributed by atoms with Crippen molar-refractivity contribution in [2.24, 2.45) is 0 Å². The fourth-order valence-electron chi connectivity index (χ4n) is 3.33. The predicted octanol–water partition coefficient (Wildman–Crippen LogP) is 2.66. The summed E-state index contributed by atoms with van der Waals surface area (Å²) < 4.78 is 12.1. The quantitative estimate of drug-likeness (QED) is 0.568. The van der Waals surface area contributed by atoms with Crippen molar-refractivity contribution in [3.63, 3.8) is 0 Å². The van der Waals surface area contributed by atoms with Crippen molar-refractivity contribution in [3.05, 3.63) is 38.6 Å². The van der Waals surface area contributed by atoms with Crippen LogP contribution in [0.25, 0.3) is 5.95 Å². The Bertz CT molecular complexity index is 1030. The average molecular weight is 416 g/mol. The third kappa shape index (κ3) is 4.44. The number of aryl methyl sites for hydroxylation is 1. The zero-order valence-electron chi connectivity index (χ0n) is 18.1. The van der Waals surface area contributed by atoms with Gasteiger partial charge in [0.15, 0.2) is 5.69 Å². The summed E-state index contributed by atoms with van der Waals surface area (Å²) in [5, 5.41) is 4.28. The van der Waals surface area contributed by atoms with Gasteiger partial charge in [0.2, 0.25) is 5.95 Å². The molecule has 2 aromatic heterocycles. The molecule has 0 aliphatic heterocycles. The van der Waals surface area contributed by atoms with Gasteiger partial charge in [0, 0.05) is 5.56 Å². The lowest BCUT2D eigenvalue weighted by Crippen LogP contribution is -2.25. The molecule has 1 aliphatic rings. The molecule has 0 amide bonds. The summed E-state index contributed by atoms with van der Waals surface area (Å²) in [4.78, 5) is 45.2. The molecule has 0 saturated heterocycles. The number of nitrogens with one attached hydrogen (secondary N) is 1. The first-order valence-electron chi connectivity index (χ1n) is 10.2. The van der Waals surface area contributed by atoms with Gasteiger partial charge in [-0.15, -0.1) is 0 Å². The number of aromatic nitrogens is 4. The molecule has 0 spiro atoms. The van der Waals surface area contributed by atoms with Crippen molar-refractivity contribution in [2.75, 3.05) is 6.61 Å². The predicted molar refractivity (Wildman–Crippen MR) is 109 cm³/mol. The van der Waals surface area contributed by atoms with Crippen LogP contribution in [0.3, 0.4) is 0 Å². The Kier molecular flexibility index (Phi) is 6.09. The minimum Gasteiger partial charge on any atom is -0.461 e. The van der Waals surface area contributed by atoms with E-state index in [1.807, 2.05) is 6.92 Å². The Morgan fingerprint density at radius 2 is 1.93 bits per heavy atom. The number of H-pyrrole nitrogens is 1. The van der Waals surface area contributed by atoms with Crippen molar-refractivity contribution in [3.8, 4) is 5.95 Å². The van der Waals surface area contributed by atoms with Gasteiger partial charge in [-0.2, -0.15) is 5.10 Å². The average Bonchev–Trinajstić information content (AvgIpc) is 3.25. The van der Waals surface area contributed by atoms with E-state index in [4.69, 9.17) is 9.47 Å². The standard InChI is InChI=1S/C21H28N4O5/c1-6-7-11-29-19(28)16-15(18(27)30-21(3,4)5)12(2)25(24-16)20-22-14-10-8-9-13(14)17(26)23-20/h6-11H2,1-5H3,(H,22,23,26). The van der Waals surface area contributed by atoms with Crippen molar-refractivity contribution >= 4 is 11.9 Å². The fourth-order valence-corrected chi connectivity index (χ4v) is 3.33. The summed E-state index contributed by atoms with van der Waals surface area (Å²) in [6.45, 7) is 9.05. The summed E-state index contributed by atoms with van der Waals surface area (Å²) in [6, 6.07) is 0. The number of aromatic amines is 1. The van der Waals surface area contributed by atoms with Gasteiger partial charge in [-0.05, 0) is 53.4 Å². The van der Waals surface area contributed by atoms with E-state index in [0.29, 0.717) is 30.5 Å². The number of nitrogens with zero attached hydrogens (tertiary/aromatic N) is 3. The van der Waals surface area contributed by atoms with E-state index in [1.54, 1.807) is 27.7 Å². The van der Waals surface area contributed by atoms with Gasteiger partial charge in [0.05, 0.1) is 18.0 Å². The maximum atomic E-state index is 12.9. The molecule has 9 heteroatoms. The van der Waals surface area contributed by atoms with Crippen LogP contribution in [0.4, 0.5) is 0 Å². The Morgan fingerprint density at radius 3 is 2.60 bits per heavy atom. The zero-order chi connectivity index (χ0) is 22.1. The lowest BCUT2D eigenvalue weighted by molar-refractivity contribution is 0.00632. The molecule has 162 valence electrons. The molecule has 1 aliphatic carbocycles. The highest BCUT2D eigenvalue weighted by Crippen LogP contribution is 2.23. The molecule has 0 fully saturated rings. The van der Waals surface area contributed by atoms with Crippen molar-refractivity contribution in [2.45, 2.75) is 72.3 Å². The summed E-state index contributed by atoms with van der Waals surface area (Å²) in [5.41, 5.74) is 0.608. The Balaban J connectivity index is 2.08. The number of hydrogen-bond donors (Lipinski definition) is 1. The van der Waals surface area contributed by atoms with E-state index in [2.05, 4.69) is 15.1 Å². The number of carbonyl (C=O) groups excluding carboxylic acids is 2. The second kappa shape index (κ2) is 8.41. The lowest BCUT2D eigenvalue weighted by Gasteiger charge is -2.19. The van der Waals surface area contributed by atoms with Crippen LogP contribution in [0, 0.1) is 6.92 Å². The van der Waals surface area contributed by atoms with Gasteiger partial charge in [-0.1, -0.05) is 13.3 Å². The van der Waals surface area contributed by atoms with Gasteiger partial charge in [0.1, 0.15) is 11.2 Å². The third-order valence-corrected chi connectivity index (χ3v) is 4.77. The van der Waals surface area contributed by atoms with Crippen molar-refractivity contribution in [1.29, 1.82) is 0 Å². The lowest BCUT2D eigenvalue weighted by atomic mass is 10.1. The van der Waals surface area contributed by atoms with Gasteiger partial charge in [0.25, 0.3) is 5.56 Å². The van der Waals surface area contributed by atoms with Crippen LogP contribution in [0.1, 0.15) is 84.8 Å². The Labute approximate surface area is 174 Å². The van der Waals surface area contributed by atoms with E-state index in [-0.39, 0.29) is 29.4 Å². The number of rotatable bonds is 6. The van der Waals surface area contributed by atoms with E-state index >= 15 is 0 Å². The molecule has 3 rings (SSSR count). The molecule has 1 N–H and O–H groups in total. The van der Waals surface area contributed by atoms with Crippen LogP contribution < -0.4 is 5.56 Å². The maximum absolute atomic E-state index is 12.9. The van der Waals surface area contributed by atoms with Crippen LogP contribution in [-0.4, -0.2) is 43.9 Å². The van der Waals surface area contributed by atoms with Gasteiger partial charge in [-0.25, -0.2) is 19.3 Å². The zero-order valence-corrected chi connectivity index (χ0v) is 18.1. The molecule has 2 heterocycles. The first-order chi connectivity index (χ1) is 14.1. The second-order valence-corrected chi connectivity index (χ2v) is 8.38. The summed E-state index contributed by atoms with van der Waals surface area (Å²) in [6.07, 6.45) is 3.82. The minimum atomic E-state index is -0.755. The van der Waals surface area contributed by atoms with Crippen LogP contribution in [-0.2, 0) is 22.3 Å². The largest absolute Gasteiger partial charge is 0.461 e. The van der Waals surface area contributed by atoms with E-state index in [1.165, 1.54) is 4.68 Å². The van der Waals surface area contributed by atoms with Gasteiger partial charge >= 0.3 is 11.9 Å². The smallest absolute Gasteiger partial charge is 0.359 e. The Morgan fingerprint density at radius 1 is 1.20 bits per heavy atom. The number of fused-ring (bicyclic) bond motifs is 1. The molecule has 0 atom stereocenters. The monoisotopic (exact) mass is 416 g/mol. The maximum Gasteiger partial charge on any atom is 0.359 e. The molecule has 0 saturated carbocycles. The summed E-state index contributed by atoms with van der Waals surface area (Å²) in [5.74, 6) is -1.23. The van der Waals surface area contributed by atoms with Crippen LogP contribution in [0.15, 0.2) is 4.79 Å². The van der Waals surface area contributed by atoms with Crippen molar-refractivity contribution < 1.29 is 19.1 Å². The molecule has 0 unspecified atom stereocenters. The highest BCUT2D eigenvalue weighted by Gasteiger charge is 2.32. The van der Waals surface area contributed by atoms with Crippen LogP contribution in [0.2, 0.25) is 0 Å². The first kappa shape index (κ1) is 21.7. The summed E-state index contributed by atoms with van der Waals surface area (Å²) in [7, 11) is 0. The van der Waals surface area contributed by atoms with E-state index < -0.39 is 17.5 Å². The molecule has 30 heavy (non-hydrogen) atoms. The Hall–Kier alpha value is -2.97. The van der Waals surface area contributed by atoms with Gasteiger partial charge < -0.3 is 9.47 Å². The number of unbranched alkanes of at least 4 members (excludes halogenated alkanes) is 1. The van der Waals surface area contributed by atoms with Crippen molar-refractivity contribution in [1.82, 2.24) is 19.7 Å². The van der Waals surface area contributed by atoms with E-state index in [9.17, 15) is 14.4 Å². The number of hydrogen-bond acceptors (Lipinski definition) is 7. The SMILES string of the molecule is CCCCOC(=O)c1nn(-c2nc3c(c(=O)[nH]2)CCC3)c(C)c1C(=O)OC(C)(C)C. The second-order valence-electron chi connectivity index (χ2n) is 8.38. The number of ether oxygens (including phenoxy) is 2. The van der Waals surface area contributed by atoms with Crippen LogP contribution in [0.5, 0.6) is 0 Å². The number of carbonyl (C=O) groups is 2. The highest BCUT2D eigenvalue weighted by molar-refractivity contribution is 6.03. The number of esters is 2. The molecule has 2 aromatic rings. The summed E-state index contributed by atoms with van der Waals surface area (Å²) >= 11 is 0. The molecule has 0 bridgehead atoms. The highest BCUT2D eigenvalue weighted by atomic mass is 16.6. The third-order valence-electron chi connectivity index (χ3n) is 4.77. The first-order valence-corrected chi connectivity index (χ1v) is 10.2. The normalized spacial score (nSPS) is 13.2. The molecule has 0 aromatic carbocycles. The molecular weight excluding hydrogens is 388 g/mol. The fraction of sp³-hybridized carbons (Fsp3) is 0.571. The molecule has 0 radical (unpaired) electrons.